The van der Waals surface area contributed by atoms with Crippen LogP contribution in [0.1, 0.15) is 13.3 Å². The minimum absolute atomic E-state index is 0. The zero-order valence-corrected chi connectivity index (χ0v) is 12.0. The van der Waals surface area contributed by atoms with Crippen molar-refractivity contribution in [3.8, 4) is 0 Å². The SMILES string of the molecule is CCC(=O)[S-].O=P[O-].[Na+].[Na+]. The molecule has 0 aliphatic rings. The monoisotopic (exact) mass is 198 g/mol. The summed E-state index contributed by atoms with van der Waals surface area (Å²) in [4.78, 5) is 18.0. The molecule has 48 valence electrons. The van der Waals surface area contributed by atoms with Gasteiger partial charge in [0, 0.05) is 5.12 Å². The Hall–Kier alpha value is 1.95. The second-order valence-corrected chi connectivity index (χ2v) is 1.40. The molecule has 7 heteroatoms. The molecule has 0 aromatic heterocycles. The van der Waals surface area contributed by atoms with Crippen molar-refractivity contribution in [2.24, 2.45) is 0 Å². The van der Waals surface area contributed by atoms with Crippen LogP contribution < -0.4 is 64.0 Å². The van der Waals surface area contributed by atoms with Crippen LogP contribution >= 0.6 is 8.69 Å². The van der Waals surface area contributed by atoms with Gasteiger partial charge in [0.15, 0.2) is 0 Å². The summed E-state index contributed by atoms with van der Waals surface area (Å²) in [5, 5.41) is -0.162. The number of rotatable bonds is 1. The number of carbonyl (C=O) groups excluding carboxylic acids is 1. The zero-order chi connectivity index (χ0) is 6.99. The smallest absolute Gasteiger partial charge is 0.772 e. The fourth-order valence-electron chi connectivity index (χ4n) is 0. The van der Waals surface area contributed by atoms with Crippen LogP contribution in [0.25, 0.3) is 0 Å². The van der Waals surface area contributed by atoms with Crippen molar-refractivity contribution >= 4 is 26.4 Å². The second-order valence-electron chi connectivity index (χ2n) is 0.800. The van der Waals surface area contributed by atoms with Gasteiger partial charge in [0.25, 0.3) is 0 Å². The van der Waals surface area contributed by atoms with Gasteiger partial charge in [-0.25, -0.2) is 0 Å². The molecule has 0 heterocycles. The van der Waals surface area contributed by atoms with Crippen molar-refractivity contribution in [2.45, 2.75) is 13.3 Å². The molecule has 0 fully saturated rings. The van der Waals surface area contributed by atoms with Gasteiger partial charge in [-0.3, -0.25) is 4.57 Å². The Morgan fingerprint density at radius 3 is 1.70 bits per heavy atom. The third-order valence-corrected chi connectivity index (χ3v) is 0.577. The van der Waals surface area contributed by atoms with E-state index < -0.39 is 8.69 Å². The van der Waals surface area contributed by atoms with Crippen LogP contribution in [0.15, 0.2) is 0 Å². The number of hydrogen-bond donors (Lipinski definition) is 0. The third-order valence-electron chi connectivity index (χ3n) is 0.289. The topological polar surface area (TPSA) is 57.2 Å². The predicted molar refractivity (Wildman–Crippen MR) is 30.3 cm³/mol. The first-order valence-corrected chi connectivity index (χ1v) is 2.97. The summed E-state index contributed by atoms with van der Waals surface area (Å²) < 4.78 is 8.35. The van der Waals surface area contributed by atoms with Gasteiger partial charge < -0.3 is 22.3 Å². The third kappa shape index (κ3) is 51.1. The molecule has 0 atom stereocenters. The second kappa shape index (κ2) is 22.4. The maximum Gasteiger partial charge on any atom is 1.00 e. The fraction of sp³-hybridized carbons (Fsp3) is 0.667. The van der Waals surface area contributed by atoms with Crippen molar-refractivity contribution < 1.29 is 73.4 Å². The largest absolute Gasteiger partial charge is 1.00 e. The van der Waals surface area contributed by atoms with E-state index >= 15 is 0 Å². The average Bonchev–Trinajstić information content (AvgIpc) is 1.69. The van der Waals surface area contributed by atoms with Crippen LogP contribution in [0.5, 0.6) is 0 Å². The van der Waals surface area contributed by atoms with Gasteiger partial charge in [0.2, 0.25) is 0 Å². The van der Waals surface area contributed by atoms with Crippen LogP contribution in [0.3, 0.4) is 0 Å². The minimum Gasteiger partial charge on any atom is -0.772 e. The van der Waals surface area contributed by atoms with Crippen molar-refractivity contribution in [1.29, 1.82) is 0 Å². The van der Waals surface area contributed by atoms with Gasteiger partial charge in [-0.05, 0) is 6.42 Å². The Kier molecular flexibility index (Phi) is 50.9. The minimum atomic E-state index is -1.08. The molecule has 0 saturated carbocycles. The molecule has 0 radical (unpaired) electrons. The molecule has 0 N–H and O–H groups in total. The van der Waals surface area contributed by atoms with E-state index in [1.165, 1.54) is 0 Å². The number of carbonyl (C=O) groups is 1. The Labute approximate surface area is 112 Å². The Morgan fingerprint density at radius 1 is 1.60 bits per heavy atom. The molecule has 0 spiro atoms. The summed E-state index contributed by atoms with van der Waals surface area (Å²) in [7, 11) is -1.08. The first-order valence-electron chi connectivity index (χ1n) is 1.83. The zero-order valence-electron chi connectivity index (χ0n) is 6.29. The van der Waals surface area contributed by atoms with E-state index in [4.69, 9.17) is 9.46 Å². The molecule has 0 aromatic rings. The molecule has 0 aliphatic carbocycles. The summed E-state index contributed by atoms with van der Waals surface area (Å²) in [5.74, 6) is 0. The van der Waals surface area contributed by atoms with Crippen LogP contribution in [0.4, 0.5) is 0 Å². The average molecular weight is 198 g/mol. The quantitative estimate of drug-likeness (QED) is 0.239. The maximum atomic E-state index is 9.63. The summed E-state index contributed by atoms with van der Waals surface area (Å²) in [6.07, 6.45) is 0.481. The Morgan fingerprint density at radius 2 is 1.70 bits per heavy atom. The summed E-state index contributed by atoms with van der Waals surface area (Å²) in [6, 6.07) is 0. The predicted octanol–water partition coefficient (Wildman–Crippen LogP) is -5.97. The Balaban J connectivity index is -0.0000000326. The molecule has 0 saturated heterocycles. The van der Waals surface area contributed by atoms with Gasteiger partial charge in [-0.1, -0.05) is 6.92 Å². The van der Waals surface area contributed by atoms with Gasteiger partial charge in [-0.15, -0.1) is 0 Å². The summed E-state index contributed by atoms with van der Waals surface area (Å²) in [5.41, 5.74) is 0. The van der Waals surface area contributed by atoms with E-state index in [2.05, 4.69) is 12.6 Å². The first-order chi connectivity index (χ1) is 3.68. The van der Waals surface area contributed by atoms with Crippen LogP contribution in [0, 0.1) is 0 Å². The van der Waals surface area contributed by atoms with Crippen molar-refractivity contribution in [2.75, 3.05) is 0 Å². The standard InChI is InChI=1S/C3H6OS.2Na.HO2P/c1-2-3(4)5;;;1-3-2/h2H2,1H3,(H,4,5);;;(H,1,2)/q;2*+1;/p-2. The molecule has 0 rings (SSSR count). The molecule has 0 unspecified atom stereocenters. The van der Waals surface area contributed by atoms with E-state index in [1.807, 2.05) is 0 Å². The van der Waals surface area contributed by atoms with Crippen LogP contribution in [0.2, 0.25) is 0 Å². The molecule has 0 aromatic carbocycles. The van der Waals surface area contributed by atoms with E-state index in [1.54, 1.807) is 6.92 Å². The molecule has 0 amide bonds. The van der Waals surface area contributed by atoms with E-state index in [9.17, 15) is 4.79 Å². The van der Waals surface area contributed by atoms with Gasteiger partial charge in [-0.2, -0.15) is 0 Å². The summed E-state index contributed by atoms with van der Waals surface area (Å²) in [6.45, 7) is 1.75. The van der Waals surface area contributed by atoms with Crippen molar-refractivity contribution in [3.63, 3.8) is 0 Å². The molecule has 10 heavy (non-hydrogen) atoms. The molecule has 0 aliphatic heterocycles. The normalized spacial score (nSPS) is 5.80. The van der Waals surface area contributed by atoms with Gasteiger partial charge >= 0.3 is 59.1 Å². The fourth-order valence-corrected chi connectivity index (χ4v) is 0. The van der Waals surface area contributed by atoms with Gasteiger partial charge in [0.05, 0.1) is 8.69 Å². The number of hydrogen-bond acceptors (Lipinski definition) is 4. The Bertz CT molecular complexity index is 82.1. The van der Waals surface area contributed by atoms with Crippen molar-refractivity contribution in [3.05, 3.63) is 0 Å². The molecule has 3 nitrogen and oxygen atoms in total. The van der Waals surface area contributed by atoms with Crippen molar-refractivity contribution in [1.82, 2.24) is 0 Å². The molecule has 0 bridgehead atoms. The van der Waals surface area contributed by atoms with Crippen LogP contribution in [-0.2, 0) is 22.0 Å². The first kappa shape index (κ1) is 22.7. The molecular weight excluding hydrogens is 193 g/mol. The van der Waals surface area contributed by atoms with Crippen LogP contribution in [-0.4, -0.2) is 5.12 Å². The van der Waals surface area contributed by atoms with E-state index in [0.717, 1.165) is 0 Å². The summed E-state index contributed by atoms with van der Waals surface area (Å²) >= 11 is 4.14. The maximum absolute atomic E-state index is 9.63. The van der Waals surface area contributed by atoms with Gasteiger partial charge in [0.1, 0.15) is 0 Å². The molecular formula is C3H5Na2O3PS. The van der Waals surface area contributed by atoms with E-state index in [0.29, 0.717) is 6.42 Å². The van der Waals surface area contributed by atoms with E-state index in [-0.39, 0.29) is 64.2 Å².